The molecule has 1 heterocycles. The van der Waals surface area contributed by atoms with Crippen LogP contribution in [0, 0.1) is 6.92 Å². The van der Waals surface area contributed by atoms with E-state index < -0.39 is 0 Å². The molecule has 1 N–H and O–H groups in total. The molecule has 2 nitrogen and oxygen atoms in total. The standard InChI is InChI=1S/C15H23ClN2/c1-3-18-8-6-14(7-9-18)17-11-13-5-4-12(2)15(16)10-13/h4-5,10,14,17H,3,6-9,11H2,1-2H3. The van der Waals surface area contributed by atoms with Crippen molar-refractivity contribution in [3.05, 3.63) is 34.3 Å². The summed E-state index contributed by atoms with van der Waals surface area (Å²) < 4.78 is 0. The molecule has 2 rings (SSSR count). The maximum absolute atomic E-state index is 6.14. The molecule has 3 heteroatoms. The minimum atomic E-state index is 0.660. The van der Waals surface area contributed by atoms with Crippen LogP contribution in [-0.4, -0.2) is 30.6 Å². The van der Waals surface area contributed by atoms with E-state index in [0.717, 1.165) is 17.1 Å². The monoisotopic (exact) mass is 266 g/mol. The first-order valence-electron chi connectivity index (χ1n) is 6.90. The van der Waals surface area contributed by atoms with Gasteiger partial charge in [0, 0.05) is 17.6 Å². The van der Waals surface area contributed by atoms with Crippen LogP contribution in [0.1, 0.15) is 30.9 Å². The summed E-state index contributed by atoms with van der Waals surface area (Å²) in [6.45, 7) is 8.84. The Morgan fingerprint density at radius 2 is 2.06 bits per heavy atom. The minimum absolute atomic E-state index is 0.660. The molecule has 1 aliphatic heterocycles. The highest BCUT2D eigenvalue weighted by atomic mass is 35.5. The van der Waals surface area contributed by atoms with Crippen LogP contribution in [0.15, 0.2) is 18.2 Å². The van der Waals surface area contributed by atoms with E-state index in [2.05, 4.69) is 35.3 Å². The molecule has 0 radical (unpaired) electrons. The number of likely N-dealkylation sites (tertiary alicyclic amines) is 1. The Kier molecular flexibility index (Phi) is 5.04. The van der Waals surface area contributed by atoms with Gasteiger partial charge >= 0.3 is 0 Å². The van der Waals surface area contributed by atoms with Gasteiger partial charge < -0.3 is 10.2 Å². The zero-order chi connectivity index (χ0) is 13.0. The van der Waals surface area contributed by atoms with Crippen molar-refractivity contribution in [2.24, 2.45) is 0 Å². The van der Waals surface area contributed by atoms with E-state index in [4.69, 9.17) is 11.6 Å². The maximum Gasteiger partial charge on any atom is 0.0438 e. The lowest BCUT2D eigenvalue weighted by Crippen LogP contribution is -2.42. The predicted octanol–water partition coefficient (Wildman–Crippen LogP) is 3.22. The van der Waals surface area contributed by atoms with Crippen molar-refractivity contribution in [1.82, 2.24) is 10.2 Å². The molecule has 0 bridgehead atoms. The summed E-state index contributed by atoms with van der Waals surface area (Å²) in [5.41, 5.74) is 2.43. The first-order chi connectivity index (χ1) is 8.69. The fraction of sp³-hybridized carbons (Fsp3) is 0.600. The van der Waals surface area contributed by atoms with Gasteiger partial charge in [0.25, 0.3) is 0 Å². The highest BCUT2D eigenvalue weighted by Crippen LogP contribution is 2.17. The molecule has 0 saturated carbocycles. The van der Waals surface area contributed by atoms with Gasteiger partial charge in [0.2, 0.25) is 0 Å². The second kappa shape index (κ2) is 6.55. The molecular formula is C15H23ClN2. The van der Waals surface area contributed by atoms with Gasteiger partial charge in [0.1, 0.15) is 0 Å². The fourth-order valence-electron chi connectivity index (χ4n) is 2.46. The molecule has 1 aliphatic rings. The van der Waals surface area contributed by atoms with E-state index in [9.17, 15) is 0 Å². The van der Waals surface area contributed by atoms with Crippen molar-refractivity contribution in [1.29, 1.82) is 0 Å². The van der Waals surface area contributed by atoms with Crippen LogP contribution in [0.4, 0.5) is 0 Å². The number of nitrogens with zero attached hydrogens (tertiary/aromatic N) is 1. The zero-order valence-electron chi connectivity index (χ0n) is 11.4. The average Bonchev–Trinajstić information content (AvgIpc) is 2.41. The lowest BCUT2D eigenvalue weighted by molar-refractivity contribution is 0.206. The summed E-state index contributed by atoms with van der Waals surface area (Å²) >= 11 is 6.14. The summed E-state index contributed by atoms with van der Waals surface area (Å²) in [4.78, 5) is 2.51. The molecule has 1 aromatic rings. The third-order valence-corrected chi connectivity index (χ3v) is 4.27. The SMILES string of the molecule is CCN1CCC(NCc2ccc(C)c(Cl)c2)CC1. The molecule has 1 saturated heterocycles. The Morgan fingerprint density at radius 1 is 1.33 bits per heavy atom. The van der Waals surface area contributed by atoms with E-state index in [1.165, 1.54) is 38.0 Å². The van der Waals surface area contributed by atoms with Gasteiger partial charge in [-0.3, -0.25) is 0 Å². The highest BCUT2D eigenvalue weighted by molar-refractivity contribution is 6.31. The van der Waals surface area contributed by atoms with Gasteiger partial charge in [0.05, 0.1) is 0 Å². The number of rotatable bonds is 4. The van der Waals surface area contributed by atoms with E-state index in [0.29, 0.717) is 6.04 Å². The maximum atomic E-state index is 6.14. The van der Waals surface area contributed by atoms with Crippen LogP contribution in [0.5, 0.6) is 0 Å². The van der Waals surface area contributed by atoms with Crippen LogP contribution in [-0.2, 0) is 6.54 Å². The van der Waals surface area contributed by atoms with Crippen LogP contribution >= 0.6 is 11.6 Å². The van der Waals surface area contributed by atoms with Gasteiger partial charge in [-0.25, -0.2) is 0 Å². The molecule has 0 unspecified atom stereocenters. The molecule has 18 heavy (non-hydrogen) atoms. The third kappa shape index (κ3) is 3.71. The average molecular weight is 267 g/mol. The van der Waals surface area contributed by atoms with E-state index in [1.54, 1.807) is 0 Å². The number of benzene rings is 1. The van der Waals surface area contributed by atoms with Gasteiger partial charge in [-0.15, -0.1) is 0 Å². The number of hydrogen-bond acceptors (Lipinski definition) is 2. The molecular weight excluding hydrogens is 244 g/mol. The van der Waals surface area contributed by atoms with Crippen molar-refractivity contribution in [3.63, 3.8) is 0 Å². The number of aryl methyl sites for hydroxylation is 1. The topological polar surface area (TPSA) is 15.3 Å². The summed E-state index contributed by atoms with van der Waals surface area (Å²) in [5, 5.41) is 4.51. The molecule has 0 atom stereocenters. The predicted molar refractivity (Wildman–Crippen MR) is 78.2 cm³/mol. The van der Waals surface area contributed by atoms with Crippen molar-refractivity contribution in [2.75, 3.05) is 19.6 Å². The summed E-state index contributed by atoms with van der Waals surface area (Å²) in [6.07, 6.45) is 2.51. The van der Waals surface area contributed by atoms with Crippen molar-refractivity contribution in [2.45, 2.75) is 39.3 Å². The van der Waals surface area contributed by atoms with Crippen LogP contribution in [0.3, 0.4) is 0 Å². The number of piperidine rings is 1. The van der Waals surface area contributed by atoms with Crippen LogP contribution in [0.25, 0.3) is 0 Å². The lowest BCUT2D eigenvalue weighted by atomic mass is 10.0. The van der Waals surface area contributed by atoms with E-state index >= 15 is 0 Å². The summed E-state index contributed by atoms with van der Waals surface area (Å²) in [5.74, 6) is 0. The molecule has 0 spiro atoms. The summed E-state index contributed by atoms with van der Waals surface area (Å²) in [7, 11) is 0. The second-order valence-corrected chi connectivity index (χ2v) is 5.58. The molecule has 1 fully saturated rings. The van der Waals surface area contributed by atoms with Crippen LogP contribution in [0.2, 0.25) is 5.02 Å². The summed E-state index contributed by atoms with van der Waals surface area (Å²) in [6, 6.07) is 6.99. The highest BCUT2D eigenvalue weighted by Gasteiger charge is 2.17. The fourth-order valence-corrected chi connectivity index (χ4v) is 2.66. The molecule has 0 aliphatic carbocycles. The molecule has 1 aromatic carbocycles. The number of hydrogen-bond donors (Lipinski definition) is 1. The van der Waals surface area contributed by atoms with Crippen molar-refractivity contribution < 1.29 is 0 Å². The van der Waals surface area contributed by atoms with E-state index in [1.807, 2.05) is 6.92 Å². The van der Waals surface area contributed by atoms with Crippen molar-refractivity contribution in [3.8, 4) is 0 Å². The molecule has 0 aromatic heterocycles. The Hall–Kier alpha value is -0.570. The number of halogens is 1. The Labute approximate surface area is 115 Å². The number of nitrogens with one attached hydrogen (secondary N) is 1. The second-order valence-electron chi connectivity index (χ2n) is 5.17. The molecule has 100 valence electrons. The Morgan fingerprint density at radius 3 is 2.67 bits per heavy atom. The normalized spacial score (nSPS) is 18.2. The quantitative estimate of drug-likeness (QED) is 0.900. The first-order valence-corrected chi connectivity index (χ1v) is 7.27. The minimum Gasteiger partial charge on any atom is -0.310 e. The Bertz CT molecular complexity index is 384. The van der Waals surface area contributed by atoms with Gasteiger partial charge in [-0.2, -0.15) is 0 Å². The van der Waals surface area contributed by atoms with E-state index in [-0.39, 0.29) is 0 Å². The lowest BCUT2D eigenvalue weighted by Gasteiger charge is -2.31. The largest absolute Gasteiger partial charge is 0.310 e. The van der Waals surface area contributed by atoms with Crippen LogP contribution < -0.4 is 5.32 Å². The third-order valence-electron chi connectivity index (χ3n) is 3.87. The van der Waals surface area contributed by atoms with Gasteiger partial charge in [-0.05, 0) is 56.6 Å². The first kappa shape index (κ1) is 13.9. The van der Waals surface area contributed by atoms with Crippen molar-refractivity contribution >= 4 is 11.6 Å². The van der Waals surface area contributed by atoms with Gasteiger partial charge in [-0.1, -0.05) is 30.7 Å². The van der Waals surface area contributed by atoms with Gasteiger partial charge in [0.15, 0.2) is 0 Å². The molecule has 0 amide bonds. The Balaban J connectivity index is 1.79. The smallest absolute Gasteiger partial charge is 0.0438 e. The zero-order valence-corrected chi connectivity index (χ0v) is 12.1.